The first-order chi connectivity index (χ1) is 12.5. The van der Waals surface area contributed by atoms with Gasteiger partial charge in [-0.25, -0.2) is 4.98 Å². The summed E-state index contributed by atoms with van der Waals surface area (Å²) in [6, 6.07) is 13.8. The van der Waals surface area contributed by atoms with Gasteiger partial charge in [-0.05, 0) is 43.7 Å². The van der Waals surface area contributed by atoms with Crippen molar-refractivity contribution in [2.45, 2.75) is 20.3 Å². The minimum absolute atomic E-state index is 0.0195. The first-order valence-electron chi connectivity index (χ1n) is 8.55. The fourth-order valence-corrected chi connectivity index (χ4v) is 4.12. The average molecular weight is 365 g/mol. The number of nitrogens with zero attached hydrogens (tertiary/aromatic N) is 2. The second kappa shape index (κ2) is 6.53. The van der Waals surface area contributed by atoms with Crippen LogP contribution in [-0.2, 0) is 9.59 Å². The molecule has 3 aromatic rings. The number of aromatic nitrogens is 1. The largest absolute Gasteiger partial charge is 0.312 e. The average Bonchev–Trinajstić information content (AvgIpc) is 3.18. The maximum Gasteiger partial charge on any atom is 0.231 e. The normalized spacial score (nSPS) is 17.1. The summed E-state index contributed by atoms with van der Waals surface area (Å²) in [5.41, 5.74) is 4.01. The third kappa shape index (κ3) is 3.20. The Balaban J connectivity index is 1.48. The van der Waals surface area contributed by atoms with Gasteiger partial charge < -0.3 is 10.2 Å². The molecule has 5 nitrogen and oxygen atoms in total. The Morgan fingerprint density at radius 1 is 1.15 bits per heavy atom. The number of fused-ring (bicyclic) bond motifs is 1. The number of rotatable bonds is 3. The van der Waals surface area contributed by atoms with Crippen molar-refractivity contribution in [3.63, 3.8) is 0 Å². The Morgan fingerprint density at radius 3 is 2.65 bits per heavy atom. The molecular weight excluding hydrogens is 346 g/mol. The molecule has 1 saturated heterocycles. The van der Waals surface area contributed by atoms with Crippen LogP contribution in [0.4, 0.5) is 10.8 Å². The molecule has 6 heteroatoms. The van der Waals surface area contributed by atoms with Gasteiger partial charge in [-0.3, -0.25) is 9.59 Å². The predicted octanol–water partition coefficient (Wildman–Crippen LogP) is 3.90. The van der Waals surface area contributed by atoms with Gasteiger partial charge in [-0.2, -0.15) is 0 Å². The fourth-order valence-electron chi connectivity index (χ4n) is 3.15. The third-order valence-electron chi connectivity index (χ3n) is 4.62. The number of thiazole rings is 1. The van der Waals surface area contributed by atoms with Crippen LogP contribution in [0.3, 0.4) is 0 Å². The summed E-state index contributed by atoms with van der Waals surface area (Å²) >= 11 is 1.46. The zero-order chi connectivity index (χ0) is 18.3. The van der Waals surface area contributed by atoms with Crippen LogP contribution in [0.2, 0.25) is 0 Å². The number of carbonyl (C=O) groups is 2. The molecule has 26 heavy (non-hydrogen) atoms. The van der Waals surface area contributed by atoms with Crippen LogP contribution in [0.25, 0.3) is 10.2 Å². The van der Waals surface area contributed by atoms with E-state index in [1.807, 2.05) is 50.2 Å². The van der Waals surface area contributed by atoms with Crippen molar-refractivity contribution < 1.29 is 9.59 Å². The first-order valence-corrected chi connectivity index (χ1v) is 9.36. The number of hydrogen-bond donors (Lipinski definition) is 1. The minimum Gasteiger partial charge on any atom is -0.312 e. The molecule has 1 unspecified atom stereocenters. The molecule has 2 amide bonds. The summed E-state index contributed by atoms with van der Waals surface area (Å²) in [5.74, 6) is -0.532. The van der Waals surface area contributed by atoms with E-state index in [0.717, 1.165) is 27.0 Å². The lowest BCUT2D eigenvalue weighted by Crippen LogP contribution is -2.28. The van der Waals surface area contributed by atoms with E-state index < -0.39 is 0 Å². The first kappa shape index (κ1) is 16.7. The molecule has 2 aromatic carbocycles. The standard InChI is InChI=1S/C20H19N3O2S/c1-12-3-6-15(7-4-12)23-11-14(10-18(23)24)19(25)22-20-21-16-8-5-13(2)9-17(16)26-20/h3-9,14H,10-11H2,1-2H3,(H,21,22,25). The van der Waals surface area contributed by atoms with Crippen molar-refractivity contribution in [2.75, 3.05) is 16.8 Å². The number of amides is 2. The molecule has 0 spiro atoms. The third-order valence-corrected chi connectivity index (χ3v) is 5.55. The van der Waals surface area contributed by atoms with Gasteiger partial charge in [0.2, 0.25) is 11.8 Å². The lowest BCUT2D eigenvalue weighted by Gasteiger charge is -2.16. The fraction of sp³-hybridized carbons (Fsp3) is 0.250. The highest BCUT2D eigenvalue weighted by Crippen LogP contribution is 2.29. The highest BCUT2D eigenvalue weighted by Gasteiger charge is 2.35. The van der Waals surface area contributed by atoms with E-state index in [9.17, 15) is 9.59 Å². The Hall–Kier alpha value is -2.73. The van der Waals surface area contributed by atoms with Gasteiger partial charge in [0.1, 0.15) is 0 Å². The van der Waals surface area contributed by atoms with E-state index in [2.05, 4.69) is 16.4 Å². The van der Waals surface area contributed by atoms with E-state index in [4.69, 9.17) is 0 Å². The maximum absolute atomic E-state index is 12.6. The maximum atomic E-state index is 12.6. The van der Waals surface area contributed by atoms with Crippen LogP contribution in [0.5, 0.6) is 0 Å². The van der Waals surface area contributed by atoms with E-state index in [1.165, 1.54) is 11.3 Å². The molecule has 0 aliphatic carbocycles. The molecule has 132 valence electrons. The molecule has 1 atom stereocenters. The molecule has 1 aliphatic rings. The van der Waals surface area contributed by atoms with Crippen LogP contribution in [0, 0.1) is 19.8 Å². The highest BCUT2D eigenvalue weighted by molar-refractivity contribution is 7.22. The Bertz CT molecular complexity index is 994. The number of carbonyl (C=O) groups excluding carboxylic acids is 2. The second-order valence-electron chi connectivity index (χ2n) is 6.72. The molecule has 1 aromatic heterocycles. The van der Waals surface area contributed by atoms with Crippen molar-refractivity contribution in [1.29, 1.82) is 0 Å². The molecule has 0 saturated carbocycles. The molecule has 0 radical (unpaired) electrons. The number of benzene rings is 2. The van der Waals surface area contributed by atoms with Crippen LogP contribution in [0.15, 0.2) is 42.5 Å². The molecule has 1 fully saturated rings. The lowest BCUT2D eigenvalue weighted by atomic mass is 10.1. The van der Waals surface area contributed by atoms with Crippen molar-refractivity contribution in [1.82, 2.24) is 4.98 Å². The predicted molar refractivity (Wildman–Crippen MR) is 105 cm³/mol. The summed E-state index contributed by atoms with van der Waals surface area (Å²) in [7, 11) is 0. The topological polar surface area (TPSA) is 62.3 Å². The number of nitrogens with one attached hydrogen (secondary N) is 1. The molecule has 1 N–H and O–H groups in total. The van der Waals surface area contributed by atoms with Gasteiger partial charge in [-0.1, -0.05) is 35.1 Å². The monoisotopic (exact) mass is 365 g/mol. The van der Waals surface area contributed by atoms with Crippen molar-refractivity contribution >= 4 is 44.2 Å². The molecule has 1 aliphatic heterocycles. The van der Waals surface area contributed by atoms with Crippen LogP contribution < -0.4 is 10.2 Å². The van der Waals surface area contributed by atoms with E-state index in [0.29, 0.717) is 11.7 Å². The Labute approximate surface area is 155 Å². The van der Waals surface area contributed by atoms with Crippen molar-refractivity contribution in [2.24, 2.45) is 5.92 Å². The second-order valence-corrected chi connectivity index (χ2v) is 7.75. The van der Waals surface area contributed by atoms with Crippen molar-refractivity contribution in [3.8, 4) is 0 Å². The SMILES string of the molecule is Cc1ccc(N2CC(C(=O)Nc3nc4ccc(C)cc4s3)CC2=O)cc1. The lowest BCUT2D eigenvalue weighted by molar-refractivity contribution is -0.122. The Morgan fingerprint density at radius 2 is 1.88 bits per heavy atom. The molecular formula is C20H19N3O2S. The van der Waals surface area contributed by atoms with Crippen LogP contribution >= 0.6 is 11.3 Å². The van der Waals surface area contributed by atoms with Crippen LogP contribution in [0.1, 0.15) is 17.5 Å². The molecule has 0 bridgehead atoms. The molecule has 2 heterocycles. The Kier molecular flexibility index (Phi) is 4.20. The zero-order valence-electron chi connectivity index (χ0n) is 14.7. The smallest absolute Gasteiger partial charge is 0.231 e. The number of aryl methyl sites for hydroxylation is 2. The summed E-state index contributed by atoms with van der Waals surface area (Å²) in [5, 5.41) is 3.46. The summed E-state index contributed by atoms with van der Waals surface area (Å²) in [4.78, 5) is 31.1. The van der Waals surface area contributed by atoms with E-state index in [1.54, 1.807) is 4.90 Å². The van der Waals surface area contributed by atoms with Gasteiger partial charge in [0.05, 0.1) is 16.1 Å². The van der Waals surface area contributed by atoms with Gasteiger partial charge >= 0.3 is 0 Å². The van der Waals surface area contributed by atoms with Crippen LogP contribution in [-0.4, -0.2) is 23.3 Å². The summed E-state index contributed by atoms with van der Waals surface area (Å²) in [6.07, 6.45) is 0.226. The summed E-state index contributed by atoms with van der Waals surface area (Å²) < 4.78 is 1.05. The van der Waals surface area contributed by atoms with Gasteiger partial charge in [0, 0.05) is 18.7 Å². The highest BCUT2D eigenvalue weighted by atomic mass is 32.1. The van der Waals surface area contributed by atoms with Gasteiger partial charge in [0.25, 0.3) is 0 Å². The van der Waals surface area contributed by atoms with Gasteiger partial charge in [-0.15, -0.1) is 0 Å². The van der Waals surface area contributed by atoms with Gasteiger partial charge in [0.15, 0.2) is 5.13 Å². The quantitative estimate of drug-likeness (QED) is 0.765. The number of anilines is 2. The zero-order valence-corrected chi connectivity index (χ0v) is 15.5. The van der Waals surface area contributed by atoms with E-state index in [-0.39, 0.29) is 24.2 Å². The number of hydrogen-bond acceptors (Lipinski definition) is 4. The summed E-state index contributed by atoms with van der Waals surface area (Å²) in [6.45, 7) is 4.43. The van der Waals surface area contributed by atoms with Crippen molar-refractivity contribution in [3.05, 3.63) is 53.6 Å². The molecule has 4 rings (SSSR count). The van der Waals surface area contributed by atoms with E-state index >= 15 is 0 Å². The minimum atomic E-state index is -0.363.